The molecule has 2 aromatic carbocycles. The van der Waals surface area contributed by atoms with Crippen molar-refractivity contribution in [2.24, 2.45) is 23.7 Å². The Morgan fingerprint density at radius 1 is 1.15 bits per heavy atom. The lowest BCUT2D eigenvalue weighted by molar-refractivity contribution is -0.385. The van der Waals surface area contributed by atoms with Gasteiger partial charge in [-0.25, -0.2) is 9.88 Å². The van der Waals surface area contributed by atoms with E-state index in [0.717, 1.165) is 21.0 Å². The number of thioether (sulfide) groups is 1. The third-order valence-corrected chi connectivity index (χ3v) is 9.25. The Morgan fingerprint density at radius 3 is 2.58 bits per heavy atom. The number of nitro groups is 1. The van der Waals surface area contributed by atoms with Crippen molar-refractivity contribution in [1.82, 2.24) is 4.98 Å². The fraction of sp³-hybridized carbons (Fsp3) is 0.261. The highest BCUT2D eigenvalue weighted by Crippen LogP contribution is 2.53. The van der Waals surface area contributed by atoms with E-state index in [4.69, 9.17) is 11.6 Å². The number of imide groups is 1. The molecule has 2 heterocycles. The summed E-state index contributed by atoms with van der Waals surface area (Å²) in [5.41, 5.74) is 1.77. The van der Waals surface area contributed by atoms with Gasteiger partial charge in [0, 0.05) is 11.8 Å². The monoisotopic (exact) mass is 497 g/mol. The number of carbonyl (C=O) groups excluding carboxylic acids is 2. The highest BCUT2D eigenvalue weighted by atomic mass is 35.5. The van der Waals surface area contributed by atoms with E-state index < -0.39 is 4.92 Å². The number of amides is 2. The summed E-state index contributed by atoms with van der Waals surface area (Å²) < 4.78 is 1.58. The second-order valence-electron chi connectivity index (χ2n) is 8.43. The minimum absolute atomic E-state index is 0.0153. The second kappa shape index (κ2) is 7.65. The molecule has 0 N–H and O–H groups in total. The summed E-state index contributed by atoms with van der Waals surface area (Å²) in [6.45, 7) is 0. The summed E-state index contributed by atoms with van der Waals surface area (Å²) in [4.78, 5) is 43.0. The summed E-state index contributed by atoms with van der Waals surface area (Å²) in [5.74, 6) is -0.0248. The van der Waals surface area contributed by atoms with Crippen molar-refractivity contribution in [2.75, 3.05) is 4.90 Å². The first kappa shape index (κ1) is 20.8. The number of fused-ring (bicyclic) bond motifs is 6. The summed E-state index contributed by atoms with van der Waals surface area (Å²) in [6.07, 6.45) is 5.07. The zero-order chi connectivity index (χ0) is 22.9. The second-order valence-corrected chi connectivity index (χ2v) is 11.1. The highest BCUT2D eigenvalue weighted by Gasteiger charge is 2.59. The molecule has 1 aromatic heterocycles. The van der Waals surface area contributed by atoms with Crippen molar-refractivity contribution < 1.29 is 14.5 Å². The van der Waals surface area contributed by atoms with Crippen molar-refractivity contribution in [3.8, 4) is 0 Å². The number of hydrogen-bond acceptors (Lipinski definition) is 7. The van der Waals surface area contributed by atoms with E-state index >= 15 is 0 Å². The molecule has 2 fully saturated rings. The number of allylic oxidation sites excluding steroid dienone is 2. The van der Waals surface area contributed by atoms with Gasteiger partial charge in [-0.2, -0.15) is 0 Å². The zero-order valence-electron chi connectivity index (χ0n) is 17.0. The van der Waals surface area contributed by atoms with Crippen LogP contribution in [0.3, 0.4) is 0 Å². The quantitative estimate of drug-likeness (QED) is 0.153. The van der Waals surface area contributed by atoms with Gasteiger partial charge in [-0.3, -0.25) is 19.7 Å². The summed E-state index contributed by atoms with van der Waals surface area (Å²) in [7, 11) is 0. The normalized spacial score (nSPS) is 25.4. The molecule has 1 aliphatic heterocycles. The number of aromatic nitrogens is 1. The Bertz CT molecular complexity index is 1360. The van der Waals surface area contributed by atoms with Crippen LogP contribution in [0.15, 0.2) is 52.9 Å². The van der Waals surface area contributed by atoms with Gasteiger partial charge < -0.3 is 0 Å². The minimum atomic E-state index is -0.437. The summed E-state index contributed by atoms with van der Waals surface area (Å²) in [5, 5.41) is 11.7. The SMILES string of the molecule is O=C1[C@@H]2[C@@H](C(=O)N1c1ccc3nc(SCc4c(Cl)cccc4[N+](=O)[O-])sc3c1)[C@H]1C=C[C@H]2C1. The van der Waals surface area contributed by atoms with Gasteiger partial charge in [-0.05, 0) is 42.5 Å². The van der Waals surface area contributed by atoms with E-state index in [1.54, 1.807) is 18.2 Å². The number of nitro benzene ring substituents is 1. The zero-order valence-corrected chi connectivity index (χ0v) is 19.4. The molecule has 2 amide bonds. The van der Waals surface area contributed by atoms with E-state index in [1.165, 1.54) is 34.1 Å². The van der Waals surface area contributed by atoms with E-state index in [0.29, 0.717) is 22.0 Å². The number of hydrogen-bond donors (Lipinski definition) is 0. The Morgan fingerprint density at radius 2 is 1.88 bits per heavy atom. The maximum atomic E-state index is 13.1. The molecule has 0 unspecified atom stereocenters. The molecule has 33 heavy (non-hydrogen) atoms. The lowest BCUT2D eigenvalue weighted by Crippen LogP contribution is -2.32. The van der Waals surface area contributed by atoms with Crippen LogP contribution in [-0.4, -0.2) is 21.7 Å². The molecule has 1 saturated heterocycles. The van der Waals surface area contributed by atoms with Crippen LogP contribution in [-0.2, 0) is 15.3 Å². The molecule has 2 bridgehead atoms. The third-order valence-electron chi connectivity index (χ3n) is 6.71. The predicted molar refractivity (Wildman–Crippen MR) is 127 cm³/mol. The first-order chi connectivity index (χ1) is 15.9. The van der Waals surface area contributed by atoms with E-state index in [-0.39, 0.29) is 41.2 Å². The van der Waals surface area contributed by atoms with Gasteiger partial charge in [0.25, 0.3) is 5.69 Å². The Hall–Kier alpha value is -2.75. The Balaban J connectivity index is 1.26. The Kier molecular flexibility index (Phi) is 4.83. The van der Waals surface area contributed by atoms with Crippen molar-refractivity contribution >= 4 is 68.1 Å². The van der Waals surface area contributed by atoms with Crippen LogP contribution >= 0.6 is 34.7 Å². The minimum Gasteiger partial charge on any atom is -0.274 e. The maximum Gasteiger partial charge on any atom is 0.274 e. The Labute approximate surface area is 201 Å². The number of carbonyl (C=O) groups is 2. The van der Waals surface area contributed by atoms with Gasteiger partial charge in [-0.1, -0.05) is 41.6 Å². The van der Waals surface area contributed by atoms with Gasteiger partial charge in [0.15, 0.2) is 4.34 Å². The first-order valence-corrected chi connectivity index (χ1v) is 12.6. The van der Waals surface area contributed by atoms with Gasteiger partial charge in [0.1, 0.15) is 0 Å². The van der Waals surface area contributed by atoms with Crippen molar-refractivity contribution in [1.29, 1.82) is 0 Å². The van der Waals surface area contributed by atoms with Gasteiger partial charge in [-0.15, -0.1) is 11.3 Å². The summed E-state index contributed by atoms with van der Waals surface area (Å²) in [6, 6.07) is 10.0. The first-order valence-electron chi connectivity index (χ1n) is 10.4. The van der Waals surface area contributed by atoms with Crippen LogP contribution in [0.5, 0.6) is 0 Å². The standard InChI is InChI=1S/C23H16ClN3O4S2/c24-15-2-1-3-17(27(30)31)14(15)10-32-23-25-16-7-6-13(9-18(16)33-23)26-21(28)19-11-4-5-12(8-11)20(19)22(26)29/h1-7,9,11-12,19-20H,8,10H2/t11-,12-,19-,20-/m0/s1. The van der Waals surface area contributed by atoms with Gasteiger partial charge in [0.2, 0.25) is 11.8 Å². The molecule has 7 nitrogen and oxygen atoms in total. The fourth-order valence-electron chi connectivity index (χ4n) is 5.24. The van der Waals surface area contributed by atoms with Crippen LogP contribution in [0.2, 0.25) is 5.02 Å². The third kappa shape index (κ3) is 3.21. The highest BCUT2D eigenvalue weighted by molar-refractivity contribution is 8.00. The molecule has 6 rings (SSSR count). The molecule has 3 aliphatic rings. The molecule has 10 heteroatoms. The molecular formula is C23H16ClN3O4S2. The van der Waals surface area contributed by atoms with Crippen LogP contribution < -0.4 is 4.90 Å². The van der Waals surface area contributed by atoms with Crippen LogP contribution in [0, 0.1) is 33.8 Å². The fourth-order valence-corrected chi connectivity index (χ4v) is 7.71. The topological polar surface area (TPSA) is 93.4 Å². The largest absolute Gasteiger partial charge is 0.274 e. The van der Waals surface area contributed by atoms with Crippen LogP contribution in [0.4, 0.5) is 11.4 Å². The number of anilines is 1. The van der Waals surface area contributed by atoms with Gasteiger partial charge in [0.05, 0.1) is 43.2 Å². The predicted octanol–water partition coefficient (Wildman–Crippen LogP) is 5.46. The van der Waals surface area contributed by atoms with Crippen LogP contribution in [0.25, 0.3) is 10.2 Å². The number of rotatable bonds is 5. The molecule has 4 atom stereocenters. The van der Waals surface area contributed by atoms with E-state index in [9.17, 15) is 19.7 Å². The average Bonchev–Trinajstić information content (AvgIpc) is 3.55. The van der Waals surface area contributed by atoms with Crippen molar-refractivity contribution in [2.45, 2.75) is 16.5 Å². The lowest BCUT2D eigenvalue weighted by Gasteiger charge is -2.17. The van der Waals surface area contributed by atoms with Crippen LogP contribution in [0.1, 0.15) is 12.0 Å². The number of nitrogens with zero attached hydrogens (tertiary/aromatic N) is 3. The van der Waals surface area contributed by atoms with E-state index in [1.807, 2.05) is 12.1 Å². The maximum absolute atomic E-state index is 13.1. The number of benzene rings is 2. The average molecular weight is 498 g/mol. The molecule has 3 aromatic rings. The molecule has 0 spiro atoms. The smallest absolute Gasteiger partial charge is 0.274 e. The molecule has 0 radical (unpaired) electrons. The number of thiazole rings is 1. The molecular weight excluding hydrogens is 482 g/mol. The lowest BCUT2D eigenvalue weighted by atomic mass is 9.85. The molecule has 2 aliphatic carbocycles. The van der Waals surface area contributed by atoms with Gasteiger partial charge >= 0.3 is 0 Å². The number of halogens is 1. The molecule has 166 valence electrons. The molecule has 1 saturated carbocycles. The summed E-state index contributed by atoms with van der Waals surface area (Å²) >= 11 is 8.99. The van der Waals surface area contributed by atoms with Crippen molar-refractivity contribution in [3.05, 3.63) is 69.3 Å². The van der Waals surface area contributed by atoms with E-state index in [2.05, 4.69) is 17.1 Å². The van der Waals surface area contributed by atoms with Crippen molar-refractivity contribution in [3.63, 3.8) is 0 Å².